The van der Waals surface area contributed by atoms with Gasteiger partial charge in [0.25, 0.3) is 0 Å². The van der Waals surface area contributed by atoms with Crippen LogP contribution < -0.4 is 0 Å². The van der Waals surface area contributed by atoms with E-state index in [1.165, 1.54) is 18.2 Å². The summed E-state index contributed by atoms with van der Waals surface area (Å²) in [6, 6.07) is 4.42. The number of hydrogen-bond acceptors (Lipinski definition) is 4. The van der Waals surface area contributed by atoms with E-state index in [2.05, 4.69) is 20.6 Å². The van der Waals surface area contributed by atoms with E-state index in [0.29, 0.717) is 10.6 Å². The SMILES string of the molecule is O=S(O)c1ccc(Cl)c(-c2nn[nH]n2)c1. The van der Waals surface area contributed by atoms with Gasteiger partial charge in [0.2, 0.25) is 5.82 Å². The number of aromatic amines is 1. The van der Waals surface area contributed by atoms with E-state index in [0.717, 1.165) is 0 Å². The summed E-state index contributed by atoms with van der Waals surface area (Å²) < 4.78 is 19.7. The minimum Gasteiger partial charge on any atom is -0.302 e. The highest BCUT2D eigenvalue weighted by Gasteiger charge is 2.10. The fraction of sp³-hybridized carbons (Fsp3) is 0. The van der Waals surface area contributed by atoms with Gasteiger partial charge in [-0.2, -0.15) is 5.21 Å². The highest BCUT2D eigenvalue weighted by Crippen LogP contribution is 2.26. The highest BCUT2D eigenvalue weighted by atomic mass is 35.5. The van der Waals surface area contributed by atoms with Crippen LogP contribution in [0.5, 0.6) is 0 Å². The van der Waals surface area contributed by atoms with Gasteiger partial charge in [-0.1, -0.05) is 11.6 Å². The predicted octanol–water partition coefficient (Wildman–Crippen LogP) is 1.10. The standard InChI is InChI=1S/C7H5ClN4O2S/c8-6-2-1-4(15(13)14)3-5(6)7-9-11-12-10-7/h1-3H,(H,13,14)(H,9,10,11,12). The number of rotatable bonds is 2. The third-order valence-electron chi connectivity index (χ3n) is 1.73. The molecule has 0 spiro atoms. The Morgan fingerprint density at radius 3 is 2.87 bits per heavy atom. The molecule has 1 atom stereocenters. The molecule has 15 heavy (non-hydrogen) atoms. The van der Waals surface area contributed by atoms with Gasteiger partial charge in [-0.3, -0.25) is 0 Å². The molecule has 6 nitrogen and oxygen atoms in total. The Morgan fingerprint density at radius 1 is 1.47 bits per heavy atom. The van der Waals surface area contributed by atoms with Gasteiger partial charge in [-0.05, 0) is 23.4 Å². The molecule has 0 amide bonds. The Morgan fingerprint density at radius 2 is 2.27 bits per heavy atom. The van der Waals surface area contributed by atoms with E-state index in [4.69, 9.17) is 16.2 Å². The van der Waals surface area contributed by atoms with Crippen molar-refractivity contribution in [1.29, 1.82) is 0 Å². The minimum atomic E-state index is -2.05. The molecule has 0 aliphatic carbocycles. The zero-order valence-corrected chi connectivity index (χ0v) is 8.79. The molecule has 0 saturated carbocycles. The Balaban J connectivity index is 2.55. The molecule has 1 aromatic heterocycles. The molecule has 0 saturated heterocycles. The zero-order valence-electron chi connectivity index (χ0n) is 7.22. The van der Waals surface area contributed by atoms with Gasteiger partial charge >= 0.3 is 0 Å². The summed E-state index contributed by atoms with van der Waals surface area (Å²) in [6.45, 7) is 0. The maximum atomic E-state index is 10.8. The number of nitrogens with one attached hydrogen (secondary N) is 1. The smallest absolute Gasteiger partial charge is 0.206 e. The van der Waals surface area contributed by atoms with Crippen LogP contribution in [0.1, 0.15) is 0 Å². The van der Waals surface area contributed by atoms with Crippen molar-refractivity contribution in [3.05, 3.63) is 23.2 Å². The van der Waals surface area contributed by atoms with Crippen molar-refractivity contribution in [3.63, 3.8) is 0 Å². The molecule has 1 unspecified atom stereocenters. The second-order valence-corrected chi connectivity index (χ2v) is 4.00. The highest BCUT2D eigenvalue weighted by molar-refractivity contribution is 7.79. The lowest BCUT2D eigenvalue weighted by Gasteiger charge is -2.00. The maximum absolute atomic E-state index is 10.8. The van der Waals surface area contributed by atoms with Gasteiger partial charge < -0.3 is 4.55 Å². The molecular formula is C7H5ClN4O2S. The first-order chi connectivity index (χ1) is 7.18. The van der Waals surface area contributed by atoms with E-state index in [-0.39, 0.29) is 10.7 Å². The van der Waals surface area contributed by atoms with Crippen LogP contribution in [-0.4, -0.2) is 29.4 Å². The molecule has 1 aromatic carbocycles. The first-order valence-corrected chi connectivity index (χ1v) is 5.31. The fourth-order valence-electron chi connectivity index (χ4n) is 1.06. The van der Waals surface area contributed by atoms with Crippen LogP contribution in [0.25, 0.3) is 11.4 Å². The van der Waals surface area contributed by atoms with E-state index in [9.17, 15) is 4.21 Å². The summed E-state index contributed by atoms with van der Waals surface area (Å²) in [5.41, 5.74) is 0.463. The van der Waals surface area contributed by atoms with Gasteiger partial charge in [-0.25, -0.2) is 4.21 Å². The molecule has 0 aliphatic rings. The topological polar surface area (TPSA) is 91.8 Å². The second kappa shape index (κ2) is 4.05. The Hall–Kier alpha value is -1.31. The van der Waals surface area contributed by atoms with Crippen LogP contribution in [0.4, 0.5) is 0 Å². The van der Waals surface area contributed by atoms with Crippen molar-refractivity contribution in [3.8, 4) is 11.4 Å². The summed E-state index contributed by atoms with van der Waals surface area (Å²) in [6.07, 6.45) is 0. The number of halogens is 1. The molecule has 0 radical (unpaired) electrons. The lowest BCUT2D eigenvalue weighted by Crippen LogP contribution is -1.90. The van der Waals surface area contributed by atoms with Crippen molar-refractivity contribution in [2.75, 3.05) is 0 Å². The van der Waals surface area contributed by atoms with Crippen molar-refractivity contribution in [2.24, 2.45) is 0 Å². The largest absolute Gasteiger partial charge is 0.302 e. The summed E-state index contributed by atoms with van der Waals surface area (Å²) >= 11 is 3.84. The van der Waals surface area contributed by atoms with E-state index >= 15 is 0 Å². The van der Waals surface area contributed by atoms with Gasteiger partial charge in [0.15, 0.2) is 11.1 Å². The number of tetrazole rings is 1. The van der Waals surface area contributed by atoms with Gasteiger partial charge in [-0.15, -0.1) is 10.2 Å². The molecular weight excluding hydrogens is 240 g/mol. The lowest BCUT2D eigenvalue weighted by molar-refractivity contribution is 0.564. The summed E-state index contributed by atoms with van der Waals surface area (Å²) in [4.78, 5) is 0.235. The lowest BCUT2D eigenvalue weighted by atomic mass is 10.2. The van der Waals surface area contributed by atoms with Gasteiger partial charge in [0, 0.05) is 5.56 Å². The molecule has 78 valence electrons. The van der Waals surface area contributed by atoms with Crippen molar-refractivity contribution < 1.29 is 8.76 Å². The molecule has 2 N–H and O–H groups in total. The van der Waals surface area contributed by atoms with Crippen LogP contribution in [0.2, 0.25) is 5.02 Å². The van der Waals surface area contributed by atoms with Crippen LogP contribution in [0.15, 0.2) is 23.1 Å². The third kappa shape index (κ3) is 2.04. The monoisotopic (exact) mass is 244 g/mol. The second-order valence-electron chi connectivity index (χ2n) is 2.63. The predicted molar refractivity (Wildman–Crippen MR) is 53.7 cm³/mol. The maximum Gasteiger partial charge on any atom is 0.206 e. The summed E-state index contributed by atoms with van der Waals surface area (Å²) in [5, 5.41) is 13.5. The third-order valence-corrected chi connectivity index (χ3v) is 2.71. The number of nitrogens with zero attached hydrogens (tertiary/aromatic N) is 3. The average molecular weight is 245 g/mol. The van der Waals surface area contributed by atoms with E-state index in [1.54, 1.807) is 0 Å². The van der Waals surface area contributed by atoms with Gasteiger partial charge in [0.05, 0.1) is 9.92 Å². The fourth-order valence-corrected chi connectivity index (χ4v) is 1.67. The Kier molecular flexibility index (Phi) is 2.76. The van der Waals surface area contributed by atoms with Crippen LogP contribution >= 0.6 is 11.6 Å². The van der Waals surface area contributed by atoms with Crippen LogP contribution in [0.3, 0.4) is 0 Å². The Bertz CT molecular complexity index is 502. The Labute approximate surface area is 91.9 Å². The zero-order chi connectivity index (χ0) is 10.8. The first-order valence-electron chi connectivity index (χ1n) is 3.82. The normalized spacial score (nSPS) is 12.7. The van der Waals surface area contributed by atoms with Crippen molar-refractivity contribution >= 4 is 22.7 Å². The van der Waals surface area contributed by atoms with Crippen molar-refractivity contribution in [2.45, 2.75) is 4.90 Å². The number of benzene rings is 1. The average Bonchev–Trinajstić information content (AvgIpc) is 2.71. The quantitative estimate of drug-likeness (QED) is 0.772. The molecule has 2 rings (SSSR count). The summed E-state index contributed by atoms with van der Waals surface area (Å²) in [7, 11) is 0. The van der Waals surface area contributed by atoms with E-state index < -0.39 is 11.1 Å². The molecule has 0 fully saturated rings. The number of aromatic nitrogens is 4. The molecule has 0 aliphatic heterocycles. The number of hydrogen-bond donors (Lipinski definition) is 2. The van der Waals surface area contributed by atoms with Crippen LogP contribution in [0, 0.1) is 0 Å². The molecule has 2 aromatic rings. The summed E-state index contributed by atoms with van der Waals surface area (Å²) in [5.74, 6) is 0.285. The first kappa shape index (κ1) is 10.2. The van der Waals surface area contributed by atoms with Crippen molar-refractivity contribution in [1.82, 2.24) is 20.6 Å². The molecule has 1 heterocycles. The molecule has 0 bridgehead atoms. The van der Waals surface area contributed by atoms with E-state index in [1.807, 2.05) is 0 Å². The minimum absolute atomic E-state index is 0.235. The number of H-pyrrole nitrogens is 1. The van der Waals surface area contributed by atoms with Gasteiger partial charge in [0.1, 0.15) is 0 Å². The molecule has 8 heteroatoms. The van der Waals surface area contributed by atoms with Crippen LogP contribution in [-0.2, 0) is 11.1 Å².